The number of nitrogens with zero attached hydrogens (tertiary/aromatic N) is 3. The Hall–Kier alpha value is -2.71. The van der Waals surface area contributed by atoms with Gasteiger partial charge in [-0.1, -0.05) is 5.16 Å². The van der Waals surface area contributed by atoms with Crippen molar-refractivity contribution in [2.45, 2.75) is 32.5 Å². The average molecular weight is 339 g/mol. The van der Waals surface area contributed by atoms with E-state index in [9.17, 15) is 8.78 Å². The Balaban J connectivity index is 1.84. The number of ether oxygens (including phenoxy) is 2. The van der Waals surface area contributed by atoms with Gasteiger partial charge in [0.2, 0.25) is 12.0 Å². The molecule has 0 spiro atoms. The van der Waals surface area contributed by atoms with E-state index in [1.54, 1.807) is 26.0 Å². The predicted octanol–water partition coefficient (Wildman–Crippen LogP) is 3.11. The maximum Gasteiger partial charge on any atom is 0.387 e. The van der Waals surface area contributed by atoms with Crippen molar-refractivity contribution in [1.82, 2.24) is 10.2 Å². The van der Waals surface area contributed by atoms with Crippen LogP contribution < -0.4 is 9.47 Å². The monoisotopic (exact) mass is 339 g/mol. The lowest BCUT2D eigenvalue weighted by Gasteiger charge is -2.16. The number of rotatable bonds is 6. The van der Waals surface area contributed by atoms with E-state index in [-0.39, 0.29) is 11.5 Å². The van der Waals surface area contributed by atoms with Crippen LogP contribution in [-0.2, 0) is 10.4 Å². The number of oxime groups is 1. The number of halogens is 2. The zero-order valence-corrected chi connectivity index (χ0v) is 13.0. The van der Waals surface area contributed by atoms with E-state index < -0.39 is 12.2 Å². The summed E-state index contributed by atoms with van der Waals surface area (Å²) in [6.45, 7) is 0.908. The molecule has 0 saturated heterocycles. The molecule has 24 heavy (non-hydrogen) atoms. The van der Waals surface area contributed by atoms with E-state index in [2.05, 4.69) is 20.1 Å². The molecule has 0 unspecified atom stereocenters. The molecular formula is C15H15F2N3O4. The Morgan fingerprint density at radius 2 is 2.17 bits per heavy atom. The van der Waals surface area contributed by atoms with Gasteiger partial charge in [-0.05, 0) is 32.0 Å². The molecule has 7 nitrogen and oxygen atoms in total. The van der Waals surface area contributed by atoms with Crippen molar-refractivity contribution < 1.29 is 27.5 Å². The van der Waals surface area contributed by atoms with Gasteiger partial charge in [-0.15, -0.1) is 10.2 Å². The van der Waals surface area contributed by atoms with E-state index in [0.29, 0.717) is 30.2 Å². The van der Waals surface area contributed by atoms with Crippen molar-refractivity contribution in [1.29, 1.82) is 0 Å². The molecule has 1 aromatic carbocycles. The predicted molar refractivity (Wildman–Crippen MR) is 78.1 cm³/mol. The molecule has 0 fully saturated rings. The fourth-order valence-corrected chi connectivity index (χ4v) is 2.36. The molecule has 0 saturated carbocycles. The highest BCUT2D eigenvalue weighted by atomic mass is 19.3. The van der Waals surface area contributed by atoms with E-state index in [1.165, 1.54) is 12.5 Å². The second-order valence-corrected chi connectivity index (χ2v) is 5.25. The van der Waals surface area contributed by atoms with Gasteiger partial charge in [0.05, 0.1) is 12.3 Å². The minimum Gasteiger partial charge on any atom is -0.490 e. The van der Waals surface area contributed by atoms with Crippen molar-refractivity contribution >= 4 is 5.71 Å². The normalized spacial score (nSPS) is 20.0. The van der Waals surface area contributed by atoms with Crippen molar-refractivity contribution in [3.05, 3.63) is 36.0 Å². The molecule has 0 amide bonds. The molecule has 1 aromatic heterocycles. The Morgan fingerprint density at radius 3 is 2.83 bits per heavy atom. The quantitative estimate of drug-likeness (QED) is 0.804. The molecule has 0 bridgehead atoms. The van der Waals surface area contributed by atoms with Crippen LogP contribution in [0.4, 0.5) is 8.78 Å². The summed E-state index contributed by atoms with van der Waals surface area (Å²) in [6.07, 6.45) is 1.60. The Kier molecular flexibility index (Phi) is 4.32. The topological polar surface area (TPSA) is 79.0 Å². The molecule has 1 aliphatic rings. The van der Waals surface area contributed by atoms with Crippen molar-refractivity contribution in [2.75, 3.05) is 6.61 Å². The number of aromatic nitrogens is 2. The number of alkyl halides is 2. The second kappa shape index (κ2) is 6.42. The minimum atomic E-state index is -2.93. The molecule has 0 radical (unpaired) electrons. The van der Waals surface area contributed by atoms with Gasteiger partial charge in [0.25, 0.3) is 5.89 Å². The largest absolute Gasteiger partial charge is 0.490 e. The molecule has 9 heteroatoms. The van der Waals surface area contributed by atoms with Crippen molar-refractivity contribution in [2.24, 2.45) is 5.16 Å². The summed E-state index contributed by atoms with van der Waals surface area (Å²) in [6, 6.07) is 4.61. The molecule has 0 aliphatic carbocycles. The van der Waals surface area contributed by atoms with Crippen LogP contribution in [0.2, 0.25) is 0 Å². The summed E-state index contributed by atoms with van der Waals surface area (Å²) in [4.78, 5) is 5.45. The fraction of sp³-hybridized carbons (Fsp3) is 0.400. The van der Waals surface area contributed by atoms with E-state index in [1.807, 2.05) is 0 Å². The van der Waals surface area contributed by atoms with E-state index in [4.69, 9.17) is 14.0 Å². The van der Waals surface area contributed by atoms with Crippen LogP contribution in [-0.4, -0.2) is 29.1 Å². The summed E-state index contributed by atoms with van der Waals surface area (Å²) < 4.78 is 39.9. The van der Waals surface area contributed by atoms with E-state index in [0.717, 1.165) is 0 Å². The third-order valence-electron chi connectivity index (χ3n) is 3.47. The highest BCUT2D eigenvalue weighted by Crippen LogP contribution is 2.37. The smallest absolute Gasteiger partial charge is 0.387 e. The molecule has 2 heterocycles. The Morgan fingerprint density at radius 1 is 1.33 bits per heavy atom. The van der Waals surface area contributed by atoms with Gasteiger partial charge >= 0.3 is 6.61 Å². The first-order chi connectivity index (χ1) is 11.5. The third kappa shape index (κ3) is 3.15. The zero-order chi connectivity index (χ0) is 17.2. The number of hydrogen-bond acceptors (Lipinski definition) is 7. The summed E-state index contributed by atoms with van der Waals surface area (Å²) in [5.41, 5.74) is 0.416. The SMILES string of the molecule is CCOc1cc(C2=NO[C@](C)(c3nnco3)C2)ccc1OC(F)F. The molecule has 2 aromatic rings. The lowest BCUT2D eigenvalue weighted by Crippen LogP contribution is -2.22. The minimum absolute atomic E-state index is 0.0326. The van der Waals surface area contributed by atoms with Crippen LogP contribution in [0.15, 0.2) is 34.2 Å². The molecule has 3 rings (SSSR count). The first-order valence-corrected chi connectivity index (χ1v) is 7.25. The summed E-state index contributed by atoms with van der Waals surface area (Å²) >= 11 is 0. The summed E-state index contributed by atoms with van der Waals surface area (Å²) in [5.74, 6) is 0.489. The standard InChI is InChI=1S/C15H15F2N3O4/c1-3-21-12-6-9(4-5-11(12)23-14(16)17)10-7-15(2,24-20-10)13-19-18-8-22-13/h4-6,8,14H,3,7H2,1-2H3/t15-/m0/s1. The number of benzene rings is 1. The Labute approximate surface area is 136 Å². The second-order valence-electron chi connectivity index (χ2n) is 5.25. The van der Waals surface area contributed by atoms with Gasteiger partial charge in [0.15, 0.2) is 11.5 Å². The van der Waals surface area contributed by atoms with Gasteiger partial charge in [-0.25, -0.2) is 0 Å². The first kappa shape index (κ1) is 16.2. The molecule has 1 atom stereocenters. The van der Waals surface area contributed by atoms with Crippen LogP contribution in [0.25, 0.3) is 0 Å². The Bertz CT molecular complexity index is 736. The first-order valence-electron chi connectivity index (χ1n) is 7.25. The van der Waals surface area contributed by atoms with Crippen LogP contribution in [0.1, 0.15) is 31.7 Å². The van der Waals surface area contributed by atoms with Crippen LogP contribution in [0.5, 0.6) is 11.5 Å². The van der Waals surface area contributed by atoms with Crippen LogP contribution >= 0.6 is 0 Å². The summed E-state index contributed by atoms with van der Waals surface area (Å²) in [5, 5.41) is 11.5. The lowest BCUT2D eigenvalue weighted by atomic mass is 9.95. The van der Waals surface area contributed by atoms with Gasteiger partial charge in [0.1, 0.15) is 0 Å². The summed E-state index contributed by atoms with van der Waals surface area (Å²) in [7, 11) is 0. The van der Waals surface area contributed by atoms with Crippen LogP contribution in [0.3, 0.4) is 0 Å². The highest BCUT2D eigenvalue weighted by Gasteiger charge is 2.41. The maximum atomic E-state index is 12.5. The molecule has 0 N–H and O–H groups in total. The average Bonchev–Trinajstić information content (AvgIpc) is 3.19. The fourth-order valence-electron chi connectivity index (χ4n) is 2.36. The molecular weight excluding hydrogens is 324 g/mol. The number of hydrogen-bond donors (Lipinski definition) is 0. The van der Waals surface area contributed by atoms with Crippen molar-refractivity contribution in [3.63, 3.8) is 0 Å². The van der Waals surface area contributed by atoms with Gasteiger partial charge in [-0.2, -0.15) is 8.78 Å². The van der Waals surface area contributed by atoms with Crippen LogP contribution in [0, 0.1) is 0 Å². The zero-order valence-electron chi connectivity index (χ0n) is 13.0. The van der Waals surface area contributed by atoms with E-state index >= 15 is 0 Å². The highest BCUT2D eigenvalue weighted by molar-refractivity contribution is 6.02. The van der Waals surface area contributed by atoms with Gasteiger partial charge < -0.3 is 18.7 Å². The van der Waals surface area contributed by atoms with Crippen molar-refractivity contribution in [3.8, 4) is 11.5 Å². The van der Waals surface area contributed by atoms with Gasteiger partial charge in [0, 0.05) is 12.0 Å². The molecule has 1 aliphatic heterocycles. The van der Waals surface area contributed by atoms with Gasteiger partial charge in [-0.3, -0.25) is 0 Å². The lowest BCUT2D eigenvalue weighted by molar-refractivity contribution is -0.0514. The maximum absolute atomic E-state index is 12.5. The molecule has 128 valence electrons. The third-order valence-corrected chi connectivity index (χ3v) is 3.47.